The van der Waals surface area contributed by atoms with Crippen LogP contribution in [0.25, 0.3) is 11.4 Å². The van der Waals surface area contributed by atoms with Gasteiger partial charge in [-0.3, -0.25) is 9.69 Å². The number of rotatable bonds is 5. The van der Waals surface area contributed by atoms with Gasteiger partial charge in [0.05, 0.1) is 11.4 Å². The average Bonchev–Trinajstić information content (AvgIpc) is 3.38. The molecule has 4 heterocycles. The minimum atomic E-state index is 0.0331. The van der Waals surface area contributed by atoms with E-state index in [0.29, 0.717) is 18.3 Å². The molecule has 130 valence electrons. The third-order valence-corrected chi connectivity index (χ3v) is 5.83. The van der Waals surface area contributed by atoms with Crippen LogP contribution in [0.2, 0.25) is 0 Å². The fourth-order valence-corrected chi connectivity index (χ4v) is 4.18. The van der Waals surface area contributed by atoms with Crippen molar-refractivity contribution in [3.05, 3.63) is 45.1 Å². The van der Waals surface area contributed by atoms with E-state index in [-0.39, 0.29) is 11.9 Å². The lowest BCUT2D eigenvalue weighted by Crippen LogP contribution is -2.44. The number of nitrogens with zero attached hydrogens (tertiary/aromatic N) is 3. The molecule has 6 nitrogen and oxygen atoms in total. The summed E-state index contributed by atoms with van der Waals surface area (Å²) in [5.41, 5.74) is 0.995. The van der Waals surface area contributed by atoms with E-state index in [9.17, 15) is 4.79 Å². The number of thiophene rings is 2. The number of nitrogens with one attached hydrogen (secondary N) is 1. The Kier molecular flexibility index (Phi) is 4.91. The molecule has 1 aliphatic rings. The zero-order chi connectivity index (χ0) is 17.1. The Balaban J connectivity index is 1.27. The van der Waals surface area contributed by atoms with E-state index >= 15 is 0 Å². The monoisotopic (exact) mass is 374 g/mol. The molecule has 1 amide bonds. The molecule has 4 rings (SSSR count). The normalized spacial score (nSPS) is 16.2. The minimum Gasteiger partial charge on any atom is -0.349 e. The molecule has 3 aromatic rings. The predicted octanol–water partition coefficient (Wildman–Crippen LogP) is 3.25. The van der Waals surface area contributed by atoms with Crippen LogP contribution in [0.1, 0.15) is 28.4 Å². The maximum absolute atomic E-state index is 12.1. The summed E-state index contributed by atoms with van der Waals surface area (Å²) in [6, 6.07) is 5.98. The molecule has 1 aliphatic heterocycles. The molecule has 0 aromatic carbocycles. The average molecular weight is 374 g/mol. The van der Waals surface area contributed by atoms with Crippen molar-refractivity contribution in [1.82, 2.24) is 20.4 Å². The number of hydrogen-bond acceptors (Lipinski definition) is 7. The second-order valence-corrected chi connectivity index (χ2v) is 7.75. The zero-order valence-electron chi connectivity index (χ0n) is 13.6. The molecule has 8 heteroatoms. The highest BCUT2D eigenvalue weighted by molar-refractivity contribution is 7.12. The fourth-order valence-electron chi connectivity index (χ4n) is 2.92. The van der Waals surface area contributed by atoms with Gasteiger partial charge in [0.15, 0.2) is 0 Å². The number of piperidine rings is 1. The van der Waals surface area contributed by atoms with Gasteiger partial charge in [-0.05, 0) is 35.7 Å². The van der Waals surface area contributed by atoms with E-state index in [1.54, 1.807) is 11.3 Å². The Hall–Kier alpha value is -2.03. The smallest absolute Gasteiger partial charge is 0.261 e. The molecule has 0 unspecified atom stereocenters. The van der Waals surface area contributed by atoms with E-state index in [4.69, 9.17) is 4.52 Å². The second-order valence-electron chi connectivity index (χ2n) is 6.02. The highest BCUT2D eigenvalue weighted by Gasteiger charge is 2.23. The van der Waals surface area contributed by atoms with Gasteiger partial charge in [-0.25, -0.2) is 0 Å². The summed E-state index contributed by atoms with van der Waals surface area (Å²) >= 11 is 3.09. The molecule has 0 aliphatic carbocycles. The lowest BCUT2D eigenvalue weighted by atomic mass is 10.0. The lowest BCUT2D eigenvalue weighted by Gasteiger charge is -2.31. The maximum Gasteiger partial charge on any atom is 0.261 e. The van der Waals surface area contributed by atoms with E-state index < -0.39 is 0 Å². The first-order valence-corrected chi connectivity index (χ1v) is 10.0. The van der Waals surface area contributed by atoms with Gasteiger partial charge in [-0.1, -0.05) is 11.2 Å². The van der Waals surface area contributed by atoms with Crippen molar-refractivity contribution in [3.63, 3.8) is 0 Å². The van der Waals surface area contributed by atoms with Crippen molar-refractivity contribution in [2.75, 3.05) is 13.1 Å². The Morgan fingerprint density at radius 3 is 2.92 bits per heavy atom. The van der Waals surface area contributed by atoms with Crippen LogP contribution < -0.4 is 5.32 Å². The molecule has 0 bridgehead atoms. The molecule has 25 heavy (non-hydrogen) atoms. The van der Waals surface area contributed by atoms with E-state index in [2.05, 4.69) is 20.4 Å². The molecule has 1 fully saturated rings. The van der Waals surface area contributed by atoms with Crippen LogP contribution in [0.4, 0.5) is 0 Å². The first-order valence-electron chi connectivity index (χ1n) is 8.20. The summed E-state index contributed by atoms with van der Waals surface area (Å²) in [4.78, 5) is 19.6. The fraction of sp³-hybridized carbons (Fsp3) is 0.353. The molecule has 1 N–H and O–H groups in total. The summed E-state index contributed by atoms with van der Waals surface area (Å²) in [5.74, 6) is 1.32. The van der Waals surface area contributed by atoms with Crippen molar-refractivity contribution >= 4 is 28.6 Å². The highest BCUT2D eigenvalue weighted by Crippen LogP contribution is 2.20. The minimum absolute atomic E-state index is 0.0331. The highest BCUT2D eigenvalue weighted by atomic mass is 32.1. The van der Waals surface area contributed by atoms with Gasteiger partial charge >= 0.3 is 0 Å². The van der Waals surface area contributed by atoms with Gasteiger partial charge in [0.2, 0.25) is 11.7 Å². The summed E-state index contributed by atoms with van der Waals surface area (Å²) in [6.07, 6.45) is 1.87. The van der Waals surface area contributed by atoms with Crippen LogP contribution >= 0.6 is 22.7 Å². The molecule has 0 saturated carbocycles. The topological polar surface area (TPSA) is 71.3 Å². The van der Waals surface area contributed by atoms with Gasteiger partial charge in [-0.15, -0.1) is 11.3 Å². The van der Waals surface area contributed by atoms with Crippen LogP contribution in [-0.4, -0.2) is 40.1 Å². The van der Waals surface area contributed by atoms with Crippen molar-refractivity contribution in [2.24, 2.45) is 0 Å². The predicted molar refractivity (Wildman–Crippen MR) is 97.7 cm³/mol. The summed E-state index contributed by atoms with van der Waals surface area (Å²) < 4.78 is 5.37. The summed E-state index contributed by atoms with van der Waals surface area (Å²) in [7, 11) is 0. The summed E-state index contributed by atoms with van der Waals surface area (Å²) in [6.45, 7) is 2.47. The Labute approximate surface area is 153 Å². The van der Waals surface area contributed by atoms with Gasteiger partial charge in [0.25, 0.3) is 5.91 Å². The second kappa shape index (κ2) is 7.47. The van der Waals surface area contributed by atoms with Crippen LogP contribution in [0, 0.1) is 0 Å². The first-order chi connectivity index (χ1) is 12.3. The molecule has 1 saturated heterocycles. The van der Waals surface area contributed by atoms with Gasteiger partial charge in [0, 0.05) is 30.1 Å². The lowest BCUT2D eigenvalue weighted by molar-refractivity contribution is 0.0908. The Bertz CT molecular complexity index is 806. The Morgan fingerprint density at radius 1 is 1.32 bits per heavy atom. The third-order valence-electron chi connectivity index (χ3n) is 4.27. The molecule has 0 spiro atoms. The summed E-state index contributed by atoms with van der Waals surface area (Å²) in [5, 5.41) is 13.1. The standard InChI is InChI=1S/C17H18N4O2S2/c22-17(14-2-1-8-25-14)18-13-3-6-21(7-4-13)10-15-19-16(20-23-15)12-5-9-24-11-12/h1-2,5,8-9,11,13H,3-4,6-7,10H2,(H,18,22). The van der Waals surface area contributed by atoms with Crippen LogP contribution in [-0.2, 0) is 6.54 Å². The Morgan fingerprint density at radius 2 is 2.20 bits per heavy atom. The maximum atomic E-state index is 12.1. The molecule has 0 radical (unpaired) electrons. The largest absolute Gasteiger partial charge is 0.349 e. The van der Waals surface area contributed by atoms with Crippen LogP contribution in [0.15, 0.2) is 38.9 Å². The molecule has 0 atom stereocenters. The number of aromatic nitrogens is 2. The number of carbonyl (C=O) groups is 1. The molecule has 3 aromatic heterocycles. The van der Waals surface area contributed by atoms with Crippen LogP contribution in [0.5, 0.6) is 0 Å². The number of hydrogen-bond donors (Lipinski definition) is 1. The van der Waals surface area contributed by atoms with Gasteiger partial charge in [0.1, 0.15) is 0 Å². The van der Waals surface area contributed by atoms with Crippen molar-refractivity contribution in [3.8, 4) is 11.4 Å². The van der Waals surface area contributed by atoms with E-state index in [1.807, 2.05) is 34.3 Å². The first kappa shape index (κ1) is 16.4. The van der Waals surface area contributed by atoms with Crippen LogP contribution in [0.3, 0.4) is 0 Å². The zero-order valence-corrected chi connectivity index (χ0v) is 15.2. The van der Waals surface area contributed by atoms with Crippen molar-refractivity contribution < 1.29 is 9.32 Å². The van der Waals surface area contributed by atoms with E-state index in [0.717, 1.165) is 36.4 Å². The number of likely N-dealkylation sites (tertiary alicyclic amines) is 1. The van der Waals surface area contributed by atoms with Gasteiger partial charge < -0.3 is 9.84 Å². The molecular weight excluding hydrogens is 356 g/mol. The molecular formula is C17H18N4O2S2. The quantitative estimate of drug-likeness (QED) is 0.742. The SMILES string of the molecule is O=C(NC1CCN(Cc2nc(-c3ccsc3)no2)CC1)c1cccs1. The third kappa shape index (κ3) is 3.97. The number of amides is 1. The van der Waals surface area contributed by atoms with Crippen molar-refractivity contribution in [1.29, 1.82) is 0 Å². The number of carbonyl (C=O) groups excluding carboxylic acids is 1. The van der Waals surface area contributed by atoms with E-state index in [1.165, 1.54) is 11.3 Å². The van der Waals surface area contributed by atoms with Crippen molar-refractivity contribution in [2.45, 2.75) is 25.4 Å². The van der Waals surface area contributed by atoms with Gasteiger partial charge in [-0.2, -0.15) is 16.3 Å².